The first-order valence-corrected chi connectivity index (χ1v) is 11.6. The molecule has 4 aliphatic rings. The number of anilines is 1. The van der Waals surface area contributed by atoms with Crippen LogP contribution in [0.3, 0.4) is 0 Å². The van der Waals surface area contributed by atoms with Crippen LogP contribution in [-0.4, -0.2) is 15.7 Å². The summed E-state index contributed by atoms with van der Waals surface area (Å²) in [7, 11) is 0. The minimum absolute atomic E-state index is 0.292. The summed E-state index contributed by atoms with van der Waals surface area (Å²) in [5, 5.41) is 5.50. The third-order valence-corrected chi connectivity index (χ3v) is 7.58. The molecule has 2 fully saturated rings. The Morgan fingerprint density at radius 2 is 1.72 bits per heavy atom. The number of hydrogen-bond donors (Lipinski definition) is 2. The van der Waals surface area contributed by atoms with Crippen LogP contribution in [0.25, 0.3) is 5.69 Å². The van der Waals surface area contributed by atoms with Gasteiger partial charge in [0.05, 0.1) is 17.1 Å². The van der Waals surface area contributed by atoms with Crippen molar-refractivity contribution < 1.29 is 9.18 Å². The lowest BCUT2D eigenvalue weighted by Crippen LogP contribution is -2.31. The van der Waals surface area contributed by atoms with Crippen molar-refractivity contribution in [2.45, 2.75) is 43.9 Å². The number of halogens is 2. The summed E-state index contributed by atoms with van der Waals surface area (Å²) in [5.74, 6) is 1.58. The normalized spacial score (nSPS) is 25.3. The highest BCUT2D eigenvalue weighted by Crippen LogP contribution is 2.57. The summed E-state index contributed by atoms with van der Waals surface area (Å²) in [5.41, 5.74) is 9.75. The average Bonchev–Trinajstić information content (AvgIpc) is 3.10. The van der Waals surface area contributed by atoms with E-state index in [1.807, 2.05) is 28.9 Å². The van der Waals surface area contributed by atoms with Crippen molar-refractivity contribution in [3.8, 4) is 5.69 Å². The molecule has 2 N–H and O–H groups in total. The smallest absolute Gasteiger partial charge is 0.290 e. The Kier molecular flexibility index (Phi) is 4.72. The van der Waals surface area contributed by atoms with Gasteiger partial charge in [0.15, 0.2) is 5.69 Å². The average molecular weight is 451 g/mol. The van der Waals surface area contributed by atoms with E-state index in [4.69, 9.17) is 16.7 Å². The van der Waals surface area contributed by atoms with E-state index in [0.29, 0.717) is 28.2 Å². The molecular formula is C25H24ClFN4O. The van der Waals surface area contributed by atoms with Crippen LogP contribution in [0.4, 0.5) is 10.1 Å². The Bertz CT molecular complexity index is 1180. The predicted molar refractivity (Wildman–Crippen MR) is 122 cm³/mol. The second kappa shape index (κ2) is 7.62. The van der Waals surface area contributed by atoms with Crippen molar-refractivity contribution in [3.05, 3.63) is 76.3 Å². The number of nitrogens with one attached hydrogen (secondary N) is 2. The van der Waals surface area contributed by atoms with Gasteiger partial charge in [-0.2, -0.15) is 5.10 Å². The molecule has 0 aliphatic heterocycles. The lowest BCUT2D eigenvalue weighted by Gasteiger charge is -2.38. The highest BCUT2D eigenvalue weighted by Gasteiger charge is 2.46. The summed E-state index contributed by atoms with van der Waals surface area (Å²) >= 11 is 6.12. The van der Waals surface area contributed by atoms with E-state index in [9.17, 15) is 9.18 Å². The Morgan fingerprint density at radius 1 is 1.00 bits per heavy atom. The van der Waals surface area contributed by atoms with Gasteiger partial charge in [-0.3, -0.25) is 15.6 Å². The van der Waals surface area contributed by atoms with Crippen LogP contribution in [0.5, 0.6) is 0 Å². The first kappa shape index (κ1) is 19.8. The molecule has 3 aromatic rings. The van der Waals surface area contributed by atoms with Gasteiger partial charge in [0.1, 0.15) is 5.82 Å². The highest BCUT2D eigenvalue weighted by molar-refractivity contribution is 6.30. The van der Waals surface area contributed by atoms with Crippen LogP contribution in [-0.2, 0) is 0 Å². The number of benzene rings is 2. The summed E-state index contributed by atoms with van der Waals surface area (Å²) in [6, 6.07) is 13.6. The van der Waals surface area contributed by atoms with Gasteiger partial charge in [-0.1, -0.05) is 17.7 Å². The van der Waals surface area contributed by atoms with Crippen LogP contribution in [0, 0.1) is 17.7 Å². The first-order chi connectivity index (χ1) is 15.5. The fourth-order valence-corrected chi connectivity index (χ4v) is 6.38. The molecule has 2 aromatic carbocycles. The van der Waals surface area contributed by atoms with Crippen molar-refractivity contribution in [1.82, 2.24) is 15.2 Å². The maximum atomic E-state index is 13.5. The zero-order valence-corrected chi connectivity index (χ0v) is 18.3. The quantitative estimate of drug-likeness (QED) is 0.493. The van der Waals surface area contributed by atoms with E-state index in [0.717, 1.165) is 35.9 Å². The molecule has 4 aliphatic carbocycles. The van der Waals surface area contributed by atoms with E-state index >= 15 is 0 Å². The van der Waals surface area contributed by atoms with Gasteiger partial charge in [0.2, 0.25) is 0 Å². The molecule has 5 nitrogen and oxygen atoms in total. The van der Waals surface area contributed by atoms with E-state index in [-0.39, 0.29) is 11.7 Å². The van der Waals surface area contributed by atoms with Crippen molar-refractivity contribution in [1.29, 1.82) is 0 Å². The number of carbonyl (C=O) groups is 1. The number of aromatic nitrogens is 2. The molecule has 2 unspecified atom stereocenters. The molecule has 1 aromatic heterocycles. The number of hydrazine groups is 1. The van der Waals surface area contributed by atoms with E-state index in [1.54, 1.807) is 12.1 Å². The SMILES string of the molecule is O=C(NNc1cccc(F)c1)c1nn(-c2ccc(Cl)cc2)c2c1C1CC3CC(C1)CC2C3. The number of hydrogen-bond acceptors (Lipinski definition) is 3. The van der Waals surface area contributed by atoms with Crippen LogP contribution in [0.1, 0.15) is 65.7 Å². The van der Waals surface area contributed by atoms with Crippen molar-refractivity contribution in [2.24, 2.45) is 11.8 Å². The van der Waals surface area contributed by atoms with Crippen molar-refractivity contribution >= 4 is 23.2 Å². The number of carbonyl (C=O) groups excluding carboxylic acids is 1. The fourth-order valence-electron chi connectivity index (χ4n) is 6.25. The molecular weight excluding hydrogens is 427 g/mol. The molecule has 0 radical (unpaired) electrons. The number of nitrogens with zero attached hydrogens (tertiary/aromatic N) is 2. The van der Waals surface area contributed by atoms with Crippen LogP contribution >= 0.6 is 11.6 Å². The van der Waals surface area contributed by atoms with E-state index in [2.05, 4.69) is 10.9 Å². The van der Waals surface area contributed by atoms with Crippen molar-refractivity contribution in [3.63, 3.8) is 0 Å². The van der Waals surface area contributed by atoms with Gasteiger partial charge < -0.3 is 0 Å². The van der Waals surface area contributed by atoms with Crippen LogP contribution < -0.4 is 10.9 Å². The molecule has 0 spiro atoms. The molecule has 32 heavy (non-hydrogen) atoms. The molecule has 1 heterocycles. The first-order valence-electron chi connectivity index (χ1n) is 11.3. The number of rotatable bonds is 4. The monoisotopic (exact) mass is 450 g/mol. The Hall–Kier alpha value is -2.86. The minimum Gasteiger partial charge on any atom is -0.298 e. The van der Waals surface area contributed by atoms with Crippen LogP contribution in [0.2, 0.25) is 5.02 Å². The maximum Gasteiger partial charge on any atom is 0.290 e. The molecule has 1 amide bonds. The van der Waals surface area contributed by atoms with Crippen molar-refractivity contribution in [2.75, 3.05) is 5.43 Å². The number of amides is 1. The molecule has 4 bridgehead atoms. The molecule has 0 saturated heterocycles. The largest absolute Gasteiger partial charge is 0.298 e. The van der Waals surface area contributed by atoms with Gasteiger partial charge in [-0.25, -0.2) is 9.07 Å². The predicted octanol–water partition coefficient (Wildman–Crippen LogP) is 5.81. The maximum absolute atomic E-state index is 13.5. The molecule has 164 valence electrons. The minimum atomic E-state index is -0.363. The molecule has 2 atom stereocenters. The summed E-state index contributed by atoms with van der Waals surface area (Å²) in [4.78, 5) is 13.3. The topological polar surface area (TPSA) is 59.0 Å². The lowest BCUT2D eigenvalue weighted by molar-refractivity contribution is 0.0954. The Balaban J connectivity index is 1.41. The molecule has 7 rings (SSSR count). The summed E-state index contributed by atoms with van der Waals surface area (Å²) < 4.78 is 15.5. The second-order valence-electron chi connectivity index (χ2n) is 9.43. The second-order valence-corrected chi connectivity index (χ2v) is 9.87. The Labute approximate surface area is 190 Å². The summed E-state index contributed by atoms with van der Waals surface area (Å²) in [6.45, 7) is 0. The Morgan fingerprint density at radius 3 is 2.44 bits per heavy atom. The van der Waals surface area contributed by atoms with Gasteiger partial charge in [-0.05, 0) is 92.3 Å². The van der Waals surface area contributed by atoms with Crippen LogP contribution in [0.15, 0.2) is 48.5 Å². The van der Waals surface area contributed by atoms with E-state index in [1.165, 1.54) is 37.1 Å². The zero-order valence-electron chi connectivity index (χ0n) is 17.5. The van der Waals surface area contributed by atoms with Gasteiger partial charge in [-0.15, -0.1) is 0 Å². The highest BCUT2D eigenvalue weighted by atomic mass is 35.5. The standard InChI is InChI=1S/C25H24ClFN4O/c26-18-4-6-21(7-5-18)31-24-17-11-14-8-15(12-17)10-16(9-14)22(24)23(30-31)25(32)29-28-20-3-1-2-19(27)13-20/h1-7,13-17,28H,8-12H2,(H,29,32). The van der Waals surface area contributed by atoms with Gasteiger partial charge >= 0.3 is 0 Å². The molecule has 7 heteroatoms. The third-order valence-electron chi connectivity index (χ3n) is 7.32. The lowest BCUT2D eigenvalue weighted by atomic mass is 9.67. The van der Waals surface area contributed by atoms with Gasteiger partial charge in [0.25, 0.3) is 5.91 Å². The molecule has 2 saturated carbocycles. The summed E-state index contributed by atoms with van der Waals surface area (Å²) in [6.07, 6.45) is 5.91. The third kappa shape index (κ3) is 3.37. The fraction of sp³-hybridized carbons (Fsp3) is 0.360. The zero-order chi connectivity index (χ0) is 21.8. The van der Waals surface area contributed by atoms with E-state index < -0.39 is 0 Å². The van der Waals surface area contributed by atoms with Gasteiger partial charge in [0, 0.05) is 16.5 Å².